The van der Waals surface area contributed by atoms with Gasteiger partial charge in [0.15, 0.2) is 11.5 Å². The van der Waals surface area contributed by atoms with Crippen LogP contribution in [0.25, 0.3) is 0 Å². The number of methoxy groups -OCH3 is 1. The molecule has 1 saturated heterocycles. The third-order valence-electron chi connectivity index (χ3n) is 3.55. The number of nitrogens with zero attached hydrogens (tertiary/aromatic N) is 1. The molecule has 1 aromatic carbocycles. The first-order chi connectivity index (χ1) is 9.43. The number of carbonyl (C=O) groups excluding carboxylic acids is 1. The summed E-state index contributed by atoms with van der Waals surface area (Å²) in [6.07, 6.45) is 0.978. The molecule has 0 atom stereocenters. The predicted octanol–water partition coefficient (Wildman–Crippen LogP) is 2.76. The van der Waals surface area contributed by atoms with E-state index >= 15 is 0 Å². The summed E-state index contributed by atoms with van der Waals surface area (Å²) in [4.78, 5) is 14.3. The van der Waals surface area contributed by atoms with Gasteiger partial charge in [0, 0.05) is 29.2 Å². The SMILES string of the molecule is COc1ccc(C(=O)N2CCSC(C)(C)CC2)cc1O. The maximum atomic E-state index is 12.5. The van der Waals surface area contributed by atoms with Crippen molar-refractivity contribution in [3.05, 3.63) is 23.8 Å². The second-order valence-corrected chi connectivity index (χ2v) is 7.34. The average molecular weight is 295 g/mol. The van der Waals surface area contributed by atoms with Gasteiger partial charge < -0.3 is 14.7 Å². The number of phenolic OH excluding ortho intramolecular Hbond substituents is 1. The van der Waals surface area contributed by atoms with Crippen molar-refractivity contribution in [3.63, 3.8) is 0 Å². The lowest BCUT2D eigenvalue weighted by molar-refractivity contribution is 0.0764. The Morgan fingerprint density at radius 3 is 2.80 bits per heavy atom. The van der Waals surface area contributed by atoms with Crippen LogP contribution in [0.4, 0.5) is 0 Å². The Labute approximate surface area is 124 Å². The van der Waals surface area contributed by atoms with Gasteiger partial charge in [0.1, 0.15) is 0 Å². The maximum Gasteiger partial charge on any atom is 0.254 e. The summed E-state index contributed by atoms with van der Waals surface area (Å²) in [5, 5.41) is 9.78. The molecule has 4 nitrogen and oxygen atoms in total. The average Bonchev–Trinajstić information content (AvgIpc) is 2.59. The summed E-state index contributed by atoms with van der Waals surface area (Å²) in [5.74, 6) is 1.30. The summed E-state index contributed by atoms with van der Waals surface area (Å²) in [6.45, 7) is 5.93. The molecule has 0 unspecified atom stereocenters. The van der Waals surface area contributed by atoms with E-state index in [1.807, 2.05) is 16.7 Å². The van der Waals surface area contributed by atoms with Gasteiger partial charge in [0.25, 0.3) is 5.91 Å². The van der Waals surface area contributed by atoms with Crippen molar-refractivity contribution in [1.82, 2.24) is 4.90 Å². The summed E-state index contributed by atoms with van der Waals surface area (Å²) in [7, 11) is 1.49. The number of amides is 1. The quantitative estimate of drug-likeness (QED) is 0.911. The van der Waals surface area contributed by atoms with Crippen molar-refractivity contribution in [1.29, 1.82) is 0 Å². The number of carbonyl (C=O) groups is 1. The zero-order chi connectivity index (χ0) is 14.8. The Morgan fingerprint density at radius 2 is 2.15 bits per heavy atom. The predicted molar refractivity (Wildman–Crippen MR) is 81.7 cm³/mol. The van der Waals surface area contributed by atoms with E-state index in [2.05, 4.69) is 13.8 Å². The van der Waals surface area contributed by atoms with Gasteiger partial charge >= 0.3 is 0 Å². The van der Waals surface area contributed by atoms with E-state index in [1.165, 1.54) is 13.2 Å². The van der Waals surface area contributed by atoms with Crippen molar-refractivity contribution >= 4 is 17.7 Å². The van der Waals surface area contributed by atoms with Gasteiger partial charge in [0.05, 0.1) is 7.11 Å². The van der Waals surface area contributed by atoms with Gasteiger partial charge in [-0.25, -0.2) is 0 Å². The molecule has 110 valence electrons. The standard InChI is InChI=1S/C15H21NO3S/c1-15(2)6-7-16(8-9-20-15)14(18)11-4-5-13(19-3)12(17)10-11/h4-5,10,17H,6-9H2,1-3H3. The molecule has 0 bridgehead atoms. The molecule has 1 aliphatic rings. The third-order valence-corrected chi connectivity index (χ3v) is 4.92. The third kappa shape index (κ3) is 3.39. The van der Waals surface area contributed by atoms with Gasteiger partial charge in [-0.15, -0.1) is 0 Å². The van der Waals surface area contributed by atoms with Crippen molar-refractivity contribution in [2.45, 2.75) is 25.0 Å². The number of hydrogen-bond donors (Lipinski definition) is 1. The number of rotatable bonds is 2. The summed E-state index contributed by atoms with van der Waals surface area (Å²) >= 11 is 1.90. The van der Waals surface area contributed by atoms with Crippen molar-refractivity contribution < 1.29 is 14.6 Å². The van der Waals surface area contributed by atoms with Crippen molar-refractivity contribution in [2.75, 3.05) is 26.0 Å². The van der Waals surface area contributed by atoms with E-state index in [-0.39, 0.29) is 16.4 Å². The topological polar surface area (TPSA) is 49.8 Å². The minimum atomic E-state index is -0.0266. The van der Waals surface area contributed by atoms with E-state index in [0.29, 0.717) is 11.3 Å². The number of thioether (sulfide) groups is 1. The van der Waals surface area contributed by atoms with Crippen LogP contribution in [0, 0.1) is 0 Å². The normalized spacial score (nSPS) is 18.4. The fraction of sp³-hybridized carbons (Fsp3) is 0.533. The maximum absolute atomic E-state index is 12.5. The van der Waals surface area contributed by atoms with E-state index in [9.17, 15) is 9.90 Å². The number of benzene rings is 1. The Bertz CT molecular complexity index is 502. The molecule has 0 aliphatic carbocycles. The van der Waals surface area contributed by atoms with Crippen LogP contribution < -0.4 is 4.74 Å². The summed E-state index contributed by atoms with van der Waals surface area (Å²) < 4.78 is 5.21. The highest BCUT2D eigenvalue weighted by Crippen LogP contribution is 2.32. The number of phenols is 1. The minimum Gasteiger partial charge on any atom is -0.504 e. The lowest BCUT2D eigenvalue weighted by Gasteiger charge is -2.23. The number of aromatic hydroxyl groups is 1. The first-order valence-corrected chi connectivity index (χ1v) is 7.72. The number of hydrogen-bond acceptors (Lipinski definition) is 4. The minimum absolute atomic E-state index is 0.00266. The van der Waals surface area contributed by atoms with E-state index in [1.54, 1.807) is 12.1 Å². The van der Waals surface area contributed by atoms with E-state index in [4.69, 9.17) is 4.74 Å². The van der Waals surface area contributed by atoms with Gasteiger partial charge in [-0.05, 0) is 24.6 Å². The molecule has 1 amide bonds. The molecule has 1 heterocycles. The number of ether oxygens (including phenoxy) is 1. The van der Waals surface area contributed by atoms with E-state index in [0.717, 1.165) is 25.3 Å². The summed E-state index contributed by atoms with van der Waals surface area (Å²) in [6, 6.07) is 4.80. The molecule has 1 aliphatic heterocycles. The molecular weight excluding hydrogens is 274 g/mol. The second-order valence-electron chi connectivity index (χ2n) is 5.54. The zero-order valence-electron chi connectivity index (χ0n) is 12.2. The zero-order valence-corrected chi connectivity index (χ0v) is 13.0. The monoisotopic (exact) mass is 295 g/mol. The van der Waals surface area contributed by atoms with E-state index < -0.39 is 0 Å². The van der Waals surface area contributed by atoms with Crippen LogP contribution >= 0.6 is 11.8 Å². The molecule has 0 spiro atoms. The lowest BCUT2D eigenvalue weighted by Crippen LogP contribution is -2.33. The Kier molecular flexibility index (Phi) is 4.48. The van der Waals surface area contributed by atoms with Crippen LogP contribution in [0.15, 0.2) is 18.2 Å². The fourth-order valence-corrected chi connectivity index (χ4v) is 3.33. The van der Waals surface area contributed by atoms with Crippen LogP contribution in [0.5, 0.6) is 11.5 Å². The largest absolute Gasteiger partial charge is 0.504 e. The molecular formula is C15H21NO3S. The molecule has 0 saturated carbocycles. The highest BCUT2D eigenvalue weighted by Gasteiger charge is 2.26. The van der Waals surface area contributed by atoms with Crippen molar-refractivity contribution in [3.8, 4) is 11.5 Å². The van der Waals surface area contributed by atoms with Gasteiger partial charge in [0.2, 0.25) is 0 Å². The fourth-order valence-electron chi connectivity index (χ4n) is 2.23. The molecule has 1 fully saturated rings. The highest BCUT2D eigenvalue weighted by molar-refractivity contribution is 8.00. The molecule has 1 N–H and O–H groups in total. The Balaban J connectivity index is 2.13. The molecule has 0 aromatic heterocycles. The van der Waals surface area contributed by atoms with Gasteiger partial charge in [-0.3, -0.25) is 4.79 Å². The first-order valence-electron chi connectivity index (χ1n) is 6.73. The molecule has 2 rings (SSSR count). The van der Waals surface area contributed by atoms with Gasteiger partial charge in [-0.2, -0.15) is 11.8 Å². The molecule has 0 radical (unpaired) electrons. The Hall–Kier alpha value is -1.36. The highest BCUT2D eigenvalue weighted by atomic mass is 32.2. The van der Waals surface area contributed by atoms with Crippen LogP contribution in [0.2, 0.25) is 0 Å². The smallest absolute Gasteiger partial charge is 0.254 e. The summed E-state index contributed by atoms with van der Waals surface area (Å²) in [5.41, 5.74) is 0.507. The lowest BCUT2D eigenvalue weighted by atomic mass is 10.1. The van der Waals surface area contributed by atoms with Crippen LogP contribution in [0.1, 0.15) is 30.6 Å². The molecule has 1 aromatic rings. The van der Waals surface area contributed by atoms with Gasteiger partial charge in [-0.1, -0.05) is 13.8 Å². The van der Waals surface area contributed by atoms with Crippen LogP contribution in [0.3, 0.4) is 0 Å². The second kappa shape index (κ2) is 5.95. The first kappa shape index (κ1) is 15.0. The Morgan fingerprint density at radius 1 is 1.40 bits per heavy atom. The molecule has 5 heteroatoms. The van der Waals surface area contributed by atoms with Crippen molar-refractivity contribution in [2.24, 2.45) is 0 Å². The van der Waals surface area contributed by atoms with Crippen LogP contribution in [-0.4, -0.2) is 46.6 Å². The molecule has 20 heavy (non-hydrogen) atoms. The van der Waals surface area contributed by atoms with Crippen LogP contribution in [-0.2, 0) is 0 Å².